The van der Waals surface area contributed by atoms with Crippen LogP contribution in [0.15, 0.2) is 24.4 Å². The van der Waals surface area contributed by atoms with Crippen molar-refractivity contribution in [3.8, 4) is 11.3 Å². The van der Waals surface area contributed by atoms with E-state index in [0.717, 1.165) is 13.2 Å². The molecule has 2 aromatic heterocycles. The molecule has 5 nitrogen and oxygen atoms in total. The molecule has 2 heterocycles. The van der Waals surface area contributed by atoms with Crippen molar-refractivity contribution in [2.24, 2.45) is 0 Å². The van der Waals surface area contributed by atoms with Gasteiger partial charge in [0.05, 0.1) is 24.6 Å². The second kappa shape index (κ2) is 4.71. The van der Waals surface area contributed by atoms with Gasteiger partial charge < -0.3 is 4.74 Å². The molecule has 0 spiro atoms. The number of nitrogens with zero attached hydrogens (tertiary/aromatic N) is 2. The van der Waals surface area contributed by atoms with Crippen LogP contribution in [0.5, 0.6) is 0 Å². The van der Waals surface area contributed by atoms with Gasteiger partial charge >= 0.3 is 12.1 Å². The summed E-state index contributed by atoms with van der Waals surface area (Å²) < 4.78 is 42.2. The Balaban J connectivity index is 2.49. The summed E-state index contributed by atoms with van der Waals surface area (Å²) in [7, 11) is 1.16. The first kappa shape index (κ1) is 13.1. The molecule has 0 atom stereocenters. The Labute approximate surface area is 105 Å². The summed E-state index contributed by atoms with van der Waals surface area (Å²) in [5, 5.41) is 5.98. The number of esters is 1. The van der Waals surface area contributed by atoms with E-state index >= 15 is 0 Å². The van der Waals surface area contributed by atoms with Gasteiger partial charge in [-0.15, -0.1) is 0 Å². The van der Waals surface area contributed by atoms with Crippen LogP contribution in [0.25, 0.3) is 11.3 Å². The number of carbonyl (C=O) groups is 1. The van der Waals surface area contributed by atoms with Crippen molar-refractivity contribution in [3.63, 3.8) is 0 Å². The van der Waals surface area contributed by atoms with E-state index in [9.17, 15) is 18.0 Å². The van der Waals surface area contributed by atoms with Crippen molar-refractivity contribution in [3.05, 3.63) is 35.8 Å². The Morgan fingerprint density at radius 3 is 2.74 bits per heavy atom. The van der Waals surface area contributed by atoms with E-state index in [1.165, 1.54) is 18.3 Å². The first-order valence-corrected chi connectivity index (χ1v) is 5.10. The average Bonchev–Trinajstić information content (AvgIpc) is 2.86. The van der Waals surface area contributed by atoms with Crippen LogP contribution in [0.2, 0.25) is 0 Å². The molecule has 0 bridgehead atoms. The van der Waals surface area contributed by atoms with E-state index in [2.05, 4.69) is 19.9 Å². The maximum absolute atomic E-state index is 12.6. The molecule has 19 heavy (non-hydrogen) atoms. The lowest BCUT2D eigenvalue weighted by Gasteiger charge is -2.07. The molecular formula is C11H8F3N3O2. The number of nitrogens with one attached hydrogen (secondary N) is 1. The highest BCUT2D eigenvalue weighted by atomic mass is 19.4. The number of aromatic amines is 1. The molecule has 8 heteroatoms. The lowest BCUT2D eigenvalue weighted by Crippen LogP contribution is -2.09. The van der Waals surface area contributed by atoms with Gasteiger partial charge in [0.25, 0.3) is 0 Å². The van der Waals surface area contributed by atoms with Crippen LogP contribution in [0.4, 0.5) is 13.2 Å². The molecule has 0 unspecified atom stereocenters. The molecule has 0 amide bonds. The number of alkyl halides is 3. The number of methoxy groups -OCH3 is 1. The first-order valence-electron chi connectivity index (χ1n) is 5.10. The number of hydrogen-bond acceptors (Lipinski definition) is 4. The fraction of sp³-hybridized carbons (Fsp3) is 0.182. The molecular weight excluding hydrogens is 263 g/mol. The number of pyridine rings is 1. The first-order chi connectivity index (χ1) is 8.93. The third-order valence-electron chi connectivity index (χ3n) is 2.34. The number of ether oxygens (including phenoxy) is 1. The Morgan fingerprint density at radius 2 is 2.11 bits per heavy atom. The molecule has 0 radical (unpaired) electrons. The number of halogens is 3. The van der Waals surface area contributed by atoms with E-state index in [0.29, 0.717) is 0 Å². The zero-order chi connectivity index (χ0) is 14.0. The third kappa shape index (κ3) is 2.56. The molecule has 0 saturated carbocycles. The minimum Gasteiger partial charge on any atom is -0.464 e. The lowest BCUT2D eigenvalue weighted by molar-refractivity contribution is -0.141. The average molecular weight is 271 g/mol. The summed E-state index contributed by atoms with van der Waals surface area (Å²) in [6, 6.07) is 3.41. The van der Waals surface area contributed by atoms with Crippen molar-refractivity contribution in [2.75, 3.05) is 7.11 Å². The van der Waals surface area contributed by atoms with E-state index in [1.54, 1.807) is 0 Å². The summed E-state index contributed by atoms with van der Waals surface area (Å²) in [4.78, 5) is 14.9. The minimum atomic E-state index is -4.55. The number of aromatic nitrogens is 3. The Morgan fingerprint density at radius 1 is 1.37 bits per heavy atom. The van der Waals surface area contributed by atoms with E-state index in [1.807, 2.05) is 0 Å². The van der Waals surface area contributed by atoms with Crippen molar-refractivity contribution in [2.45, 2.75) is 6.18 Å². The van der Waals surface area contributed by atoms with Crippen molar-refractivity contribution < 1.29 is 22.7 Å². The Hall–Kier alpha value is -2.38. The fourth-order valence-electron chi connectivity index (χ4n) is 1.48. The number of hydrogen-bond donors (Lipinski definition) is 1. The van der Waals surface area contributed by atoms with Gasteiger partial charge in [-0.3, -0.25) is 5.10 Å². The third-order valence-corrected chi connectivity index (χ3v) is 2.34. The van der Waals surface area contributed by atoms with Gasteiger partial charge in [-0.2, -0.15) is 18.3 Å². The predicted molar refractivity (Wildman–Crippen MR) is 58.2 cm³/mol. The zero-order valence-corrected chi connectivity index (χ0v) is 9.65. The van der Waals surface area contributed by atoms with Gasteiger partial charge in [-0.1, -0.05) is 6.07 Å². The smallest absolute Gasteiger partial charge is 0.433 e. The van der Waals surface area contributed by atoms with Gasteiger partial charge in [0.1, 0.15) is 5.69 Å². The highest BCUT2D eigenvalue weighted by molar-refractivity contribution is 5.94. The Bertz CT molecular complexity index is 607. The number of rotatable bonds is 2. The quantitative estimate of drug-likeness (QED) is 0.851. The van der Waals surface area contributed by atoms with Crippen LogP contribution in [-0.4, -0.2) is 28.3 Å². The SMILES string of the molecule is COC(=O)c1[nH]ncc1-c1cccc(C(F)(F)F)n1. The number of H-pyrrole nitrogens is 1. The van der Waals surface area contributed by atoms with Crippen molar-refractivity contribution >= 4 is 5.97 Å². The molecule has 2 aromatic rings. The fourth-order valence-corrected chi connectivity index (χ4v) is 1.48. The summed E-state index contributed by atoms with van der Waals surface area (Å²) in [5.74, 6) is -0.730. The summed E-state index contributed by atoms with van der Waals surface area (Å²) in [6.07, 6.45) is -3.33. The molecule has 0 fully saturated rings. The standard InChI is InChI=1S/C11H8F3N3O2/c1-19-10(18)9-6(5-15-17-9)7-3-2-4-8(16-7)11(12,13)14/h2-5H,1H3,(H,15,17). The number of carbonyl (C=O) groups excluding carboxylic acids is 1. The summed E-state index contributed by atoms with van der Waals surface area (Å²) in [5.41, 5.74) is -0.946. The van der Waals surface area contributed by atoms with Gasteiger partial charge in [-0.25, -0.2) is 9.78 Å². The van der Waals surface area contributed by atoms with Crippen LogP contribution in [0.3, 0.4) is 0 Å². The predicted octanol–water partition coefficient (Wildman–Crippen LogP) is 2.28. The van der Waals surface area contributed by atoms with Gasteiger partial charge in [0, 0.05) is 0 Å². The molecule has 100 valence electrons. The summed E-state index contributed by atoms with van der Waals surface area (Å²) in [6.45, 7) is 0. The molecule has 0 aliphatic carbocycles. The minimum absolute atomic E-state index is 0.0102. The monoisotopic (exact) mass is 271 g/mol. The van der Waals surface area contributed by atoms with Crippen LogP contribution >= 0.6 is 0 Å². The largest absolute Gasteiger partial charge is 0.464 e. The maximum atomic E-state index is 12.6. The molecule has 1 N–H and O–H groups in total. The molecule has 0 saturated heterocycles. The topological polar surface area (TPSA) is 67.9 Å². The zero-order valence-electron chi connectivity index (χ0n) is 9.65. The van der Waals surface area contributed by atoms with Crippen LogP contribution in [0, 0.1) is 0 Å². The highest BCUT2D eigenvalue weighted by Gasteiger charge is 2.32. The van der Waals surface area contributed by atoms with Crippen molar-refractivity contribution in [1.29, 1.82) is 0 Å². The molecule has 0 aliphatic rings. The van der Waals surface area contributed by atoms with Gasteiger partial charge in [0.15, 0.2) is 5.69 Å². The lowest BCUT2D eigenvalue weighted by atomic mass is 10.1. The molecule has 2 rings (SSSR count). The Kier molecular flexibility index (Phi) is 3.24. The van der Waals surface area contributed by atoms with Crippen LogP contribution in [0.1, 0.15) is 16.2 Å². The van der Waals surface area contributed by atoms with E-state index in [4.69, 9.17) is 0 Å². The second-order valence-electron chi connectivity index (χ2n) is 3.56. The van der Waals surface area contributed by atoms with Crippen molar-refractivity contribution in [1.82, 2.24) is 15.2 Å². The molecule has 0 aromatic carbocycles. The highest BCUT2D eigenvalue weighted by Crippen LogP contribution is 2.30. The van der Waals surface area contributed by atoms with Crippen LogP contribution in [-0.2, 0) is 10.9 Å². The van der Waals surface area contributed by atoms with E-state index in [-0.39, 0.29) is 17.0 Å². The van der Waals surface area contributed by atoms with E-state index < -0.39 is 17.8 Å². The molecule has 0 aliphatic heterocycles. The normalized spacial score (nSPS) is 11.4. The van der Waals surface area contributed by atoms with Gasteiger partial charge in [-0.05, 0) is 12.1 Å². The van der Waals surface area contributed by atoms with Crippen LogP contribution < -0.4 is 0 Å². The maximum Gasteiger partial charge on any atom is 0.433 e. The second-order valence-corrected chi connectivity index (χ2v) is 3.56. The van der Waals surface area contributed by atoms with Gasteiger partial charge in [0.2, 0.25) is 0 Å². The summed E-state index contributed by atoms with van der Waals surface area (Å²) >= 11 is 0.